The van der Waals surface area contributed by atoms with Crippen molar-refractivity contribution in [1.29, 1.82) is 0 Å². The van der Waals surface area contributed by atoms with Gasteiger partial charge >= 0.3 is 5.97 Å². The molecule has 20 heavy (non-hydrogen) atoms. The number of esters is 1. The van der Waals surface area contributed by atoms with Crippen molar-refractivity contribution in [3.8, 4) is 0 Å². The molecule has 0 saturated heterocycles. The largest absolute Gasteiger partial charge is 0.465 e. The zero-order valence-electron chi connectivity index (χ0n) is 11.3. The standard InChI is InChI=1S/C15H16ClNO2S/c1-2-19-14(18)15(7-3-4-8-15)13-17-11-6-5-10(16)9-12(11)20-13/h5-6,9H,2-4,7-8H2,1H3. The number of benzene rings is 1. The fourth-order valence-electron chi connectivity index (χ4n) is 2.86. The van der Waals surface area contributed by atoms with Crippen LogP contribution in [0.15, 0.2) is 18.2 Å². The first-order valence-electron chi connectivity index (χ1n) is 6.89. The summed E-state index contributed by atoms with van der Waals surface area (Å²) in [5.74, 6) is -0.123. The number of fused-ring (bicyclic) bond motifs is 1. The predicted molar refractivity (Wildman–Crippen MR) is 81.4 cm³/mol. The number of nitrogens with zero attached hydrogens (tertiary/aromatic N) is 1. The molecule has 1 aromatic heterocycles. The molecular formula is C15H16ClNO2S. The summed E-state index contributed by atoms with van der Waals surface area (Å²) in [6.45, 7) is 2.26. The van der Waals surface area contributed by atoms with E-state index in [1.54, 1.807) is 11.3 Å². The number of carbonyl (C=O) groups is 1. The first kappa shape index (κ1) is 13.8. The second-order valence-corrected chi connectivity index (χ2v) is 6.61. The summed E-state index contributed by atoms with van der Waals surface area (Å²) in [7, 11) is 0. The van der Waals surface area contributed by atoms with Gasteiger partial charge in [0.25, 0.3) is 0 Å². The highest BCUT2D eigenvalue weighted by atomic mass is 35.5. The molecule has 0 unspecified atom stereocenters. The van der Waals surface area contributed by atoms with E-state index in [0.717, 1.165) is 40.9 Å². The third-order valence-electron chi connectivity index (χ3n) is 3.88. The molecule has 0 radical (unpaired) electrons. The van der Waals surface area contributed by atoms with Crippen LogP contribution < -0.4 is 0 Å². The van der Waals surface area contributed by atoms with Crippen LogP contribution in [0.25, 0.3) is 10.2 Å². The van der Waals surface area contributed by atoms with E-state index in [2.05, 4.69) is 4.98 Å². The van der Waals surface area contributed by atoms with Gasteiger partial charge in [-0.25, -0.2) is 4.98 Å². The number of hydrogen-bond donors (Lipinski definition) is 0. The van der Waals surface area contributed by atoms with Gasteiger partial charge in [0.1, 0.15) is 10.4 Å². The molecule has 0 aliphatic heterocycles. The number of halogens is 1. The topological polar surface area (TPSA) is 39.2 Å². The number of thiazole rings is 1. The van der Waals surface area contributed by atoms with Crippen molar-refractivity contribution in [1.82, 2.24) is 4.98 Å². The van der Waals surface area contributed by atoms with Gasteiger partial charge < -0.3 is 4.74 Å². The Bertz CT molecular complexity index is 646. The van der Waals surface area contributed by atoms with Gasteiger partial charge in [0, 0.05) is 5.02 Å². The first-order chi connectivity index (χ1) is 9.65. The van der Waals surface area contributed by atoms with Crippen LogP contribution in [0.3, 0.4) is 0 Å². The minimum absolute atomic E-state index is 0.123. The zero-order chi connectivity index (χ0) is 14.2. The summed E-state index contributed by atoms with van der Waals surface area (Å²) in [4.78, 5) is 17.1. The van der Waals surface area contributed by atoms with Crippen molar-refractivity contribution in [3.63, 3.8) is 0 Å². The Morgan fingerprint density at radius 3 is 2.90 bits per heavy atom. The number of hydrogen-bond acceptors (Lipinski definition) is 4. The Hall–Kier alpha value is -1.13. The Morgan fingerprint density at radius 2 is 2.20 bits per heavy atom. The number of aromatic nitrogens is 1. The van der Waals surface area contributed by atoms with Crippen molar-refractivity contribution in [2.45, 2.75) is 38.0 Å². The summed E-state index contributed by atoms with van der Waals surface area (Å²) in [6.07, 6.45) is 3.77. The summed E-state index contributed by atoms with van der Waals surface area (Å²) in [5, 5.41) is 1.58. The molecule has 0 atom stereocenters. The van der Waals surface area contributed by atoms with E-state index >= 15 is 0 Å². The molecule has 1 aromatic carbocycles. The molecule has 0 N–H and O–H groups in total. The smallest absolute Gasteiger partial charge is 0.319 e. The van der Waals surface area contributed by atoms with Gasteiger partial charge in [0.15, 0.2) is 0 Å². The van der Waals surface area contributed by atoms with E-state index in [0.29, 0.717) is 11.6 Å². The van der Waals surface area contributed by atoms with Crippen LogP contribution in [0.4, 0.5) is 0 Å². The number of rotatable bonds is 3. The van der Waals surface area contributed by atoms with Gasteiger partial charge in [-0.15, -0.1) is 11.3 Å². The van der Waals surface area contributed by atoms with Crippen molar-refractivity contribution >= 4 is 39.1 Å². The van der Waals surface area contributed by atoms with E-state index in [4.69, 9.17) is 16.3 Å². The van der Waals surface area contributed by atoms with Crippen LogP contribution in [0.5, 0.6) is 0 Å². The summed E-state index contributed by atoms with van der Waals surface area (Å²) >= 11 is 7.59. The van der Waals surface area contributed by atoms with E-state index in [1.807, 2.05) is 25.1 Å². The molecule has 0 spiro atoms. The van der Waals surface area contributed by atoms with Crippen LogP contribution >= 0.6 is 22.9 Å². The Morgan fingerprint density at radius 1 is 1.45 bits per heavy atom. The molecule has 3 nitrogen and oxygen atoms in total. The second kappa shape index (κ2) is 5.34. The number of carbonyl (C=O) groups excluding carboxylic acids is 1. The average molecular weight is 310 g/mol. The average Bonchev–Trinajstić information content (AvgIpc) is 3.05. The Labute approximate surface area is 126 Å². The lowest BCUT2D eigenvalue weighted by atomic mass is 9.87. The lowest BCUT2D eigenvalue weighted by Crippen LogP contribution is -2.34. The van der Waals surface area contributed by atoms with Crippen LogP contribution in [-0.2, 0) is 14.9 Å². The molecule has 1 heterocycles. The molecule has 1 saturated carbocycles. The molecule has 3 rings (SSSR count). The highest BCUT2D eigenvalue weighted by Crippen LogP contribution is 2.45. The van der Waals surface area contributed by atoms with E-state index in [1.165, 1.54) is 0 Å². The minimum atomic E-state index is -0.536. The Balaban J connectivity index is 2.07. The van der Waals surface area contributed by atoms with Gasteiger partial charge in [-0.05, 0) is 38.0 Å². The van der Waals surface area contributed by atoms with Crippen molar-refractivity contribution in [2.24, 2.45) is 0 Å². The van der Waals surface area contributed by atoms with Crippen molar-refractivity contribution in [3.05, 3.63) is 28.2 Å². The van der Waals surface area contributed by atoms with Crippen LogP contribution in [0.2, 0.25) is 5.02 Å². The molecule has 5 heteroatoms. The fourth-order valence-corrected chi connectivity index (χ4v) is 4.33. The van der Waals surface area contributed by atoms with Crippen LogP contribution in [-0.4, -0.2) is 17.6 Å². The molecule has 2 aromatic rings. The lowest BCUT2D eigenvalue weighted by molar-refractivity contribution is -0.150. The third kappa shape index (κ3) is 2.21. The summed E-state index contributed by atoms with van der Waals surface area (Å²) in [6, 6.07) is 5.65. The maximum Gasteiger partial charge on any atom is 0.319 e. The summed E-state index contributed by atoms with van der Waals surface area (Å²) < 4.78 is 6.34. The molecule has 1 aliphatic carbocycles. The predicted octanol–water partition coefficient (Wildman–Crippen LogP) is 4.32. The number of ether oxygens (including phenoxy) is 1. The minimum Gasteiger partial charge on any atom is -0.465 e. The maximum absolute atomic E-state index is 12.4. The van der Waals surface area contributed by atoms with E-state index in [9.17, 15) is 4.79 Å². The van der Waals surface area contributed by atoms with Crippen molar-refractivity contribution < 1.29 is 9.53 Å². The van der Waals surface area contributed by atoms with Gasteiger partial charge in [0.2, 0.25) is 0 Å². The van der Waals surface area contributed by atoms with Gasteiger partial charge in [-0.3, -0.25) is 4.79 Å². The van der Waals surface area contributed by atoms with Gasteiger partial charge in [-0.2, -0.15) is 0 Å². The van der Waals surface area contributed by atoms with E-state index in [-0.39, 0.29) is 5.97 Å². The Kier molecular flexibility index (Phi) is 3.69. The van der Waals surface area contributed by atoms with E-state index < -0.39 is 5.41 Å². The van der Waals surface area contributed by atoms with Crippen LogP contribution in [0, 0.1) is 0 Å². The quantitative estimate of drug-likeness (QED) is 0.792. The van der Waals surface area contributed by atoms with Gasteiger partial charge in [0.05, 0.1) is 16.8 Å². The third-order valence-corrected chi connectivity index (χ3v) is 5.34. The zero-order valence-corrected chi connectivity index (χ0v) is 12.9. The normalized spacial score (nSPS) is 17.5. The highest BCUT2D eigenvalue weighted by Gasteiger charge is 2.46. The first-order valence-corrected chi connectivity index (χ1v) is 8.09. The molecule has 1 fully saturated rings. The van der Waals surface area contributed by atoms with Crippen molar-refractivity contribution in [2.75, 3.05) is 6.61 Å². The summed E-state index contributed by atoms with van der Waals surface area (Å²) in [5.41, 5.74) is 0.372. The van der Waals surface area contributed by atoms with Gasteiger partial charge in [-0.1, -0.05) is 24.4 Å². The highest BCUT2D eigenvalue weighted by molar-refractivity contribution is 7.18. The molecule has 0 bridgehead atoms. The molecule has 0 amide bonds. The maximum atomic E-state index is 12.4. The SMILES string of the molecule is CCOC(=O)C1(c2nc3ccc(Cl)cc3s2)CCCC1. The second-order valence-electron chi connectivity index (χ2n) is 5.14. The lowest BCUT2D eigenvalue weighted by Gasteiger charge is -2.23. The molecule has 1 aliphatic rings. The fraction of sp³-hybridized carbons (Fsp3) is 0.467. The molecular weight excluding hydrogens is 294 g/mol. The molecule has 106 valence electrons. The monoisotopic (exact) mass is 309 g/mol. The van der Waals surface area contributed by atoms with Crippen LogP contribution in [0.1, 0.15) is 37.6 Å².